The monoisotopic (exact) mass is 243 g/mol. The highest BCUT2D eigenvalue weighted by Crippen LogP contribution is 2.36. The van der Waals surface area contributed by atoms with E-state index < -0.39 is 8.32 Å². The molecule has 0 radical (unpaired) electrons. The van der Waals surface area contributed by atoms with Crippen LogP contribution in [0.4, 0.5) is 0 Å². The number of hydrogen-bond donors (Lipinski definition) is 0. The predicted molar refractivity (Wildman–Crippen MR) is 68.9 cm³/mol. The van der Waals surface area contributed by atoms with Crippen LogP contribution in [0.25, 0.3) is 0 Å². The minimum absolute atomic E-state index is 0.248. The highest BCUT2D eigenvalue weighted by atomic mass is 28.4. The lowest BCUT2D eigenvalue weighted by molar-refractivity contribution is -0.119. The van der Waals surface area contributed by atoms with E-state index in [0.717, 1.165) is 32.4 Å². The molecule has 1 saturated heterocycles. The van der Waals surface area contributed by atoms with Crippen LogP contribution in [0.1, 0.15) is 33.6 Å². The van der Waals surface area contributed by atoms with Gasteiger partial charge in [-0.25, -0.2) is 0 Å². The van der Waals surface area contributed by atoms with Gasteiger partial charge >= 0.3 is 0 Å². The number of hydrogen-bond acceptors (Lipinski definition) is 2. The molecule has 1 amide bonds. The topological polar surface area (TPSA) is 29.5 Å². The van der Waals surface area contributed by atoms with Gasteiger partial charge in [0, 0.05) is 6.54 Å². The normalized spacial score (nSPS) is 22.6. The first-order valence-electron chi connectivity index (χ1n) is 6.13. The average Bonchev–Trinajstić information content (AvgIpc) is 2.60. The van der Waals surface area contributed by atoms with Gasteiger partial charge in [-0.1, -0.05) is 20.8 Å². The standard InChI is InChI=1S/C12H25NO2Si/c1-12(2,3)16(4,5)15-9-11-7-6-8-13(11)10-14/h10-11H,6-9H2,1-5H3. The molecule has 1 atom stereocenters. The SMILES string of the molecule is CC(C)(C)[Si](C)(C)OCC1CCCN1C=O. The summed E-state index contributed by atoms with van der Waals surface area (Å²) in [6.07, 6.45) is 3.17. The van der Waals surface area contributed by atoms with Crippen molar-refractivity contribution in [3.05, 3.63) is 0 Å². The molecule has 0 bridgehead atoms. The first kappa shape index (κ1) is 13.7. The Balaban J connectivity index is 2.48. The maximum atomic E-state index is 10.8. The average molecular weight is 243 g/mol. The second-order valence-electron chi connectivity index (χ2n) is 6.21. The highest BCUT2D eigenvalue weighted by molar-refractivity contribution is 6.74. The number of carbonyl (C=O) groups is 1. The Kier molecular flexibility index (Phi) is 4.18. The van der Waals surface area contributed by atoms with E-state index in [2.05, 4.69) is 33.9 Å². The molecule has 4 heteroatoms. The number of nitrogens with zero attached hydrogens (tertiary/aromatic N) is 1. The molecule has 0 spiro atoms. The van der Waals surface area contributed by atoms with Gasteiger partial charge in [-0.05, 0) is 31.0 Å². The molecule has 0 aromatic rings. The van der Waals surface area contributed by atoms with Crippen LogP contribution in [0.15, 0.2) is 0 Å². The lowest BCUT2D eigenvalue weighted by Crippen LogP contribution is -2.44. The summed E-state index contributed by atoms with van der Waals surface area (Å²) in [7, 11) is -1.66. The van der Waals surface area contributed by atoms with Crippen LogP contribution in [0.5, 0.6) is 0 Å². The van der Waals surface area contributed by atoms with E-state index in [1.54, 1.807) is 0 Å². The molecule has 1 unspecified atom stereocenters. The van der Waals surface area contributed by atoms with Crippen molar-refractivity contribution >= 4 is 14.7 Å². The fourth-order valence-electron chi connectivity index (χ4n) is 1.70. The van der Waals surface area contributed by atoms with Crippen LogP contribution in [0.3, 0.4) is 0 Å². The molecular weight excluding hydrogens is 218 g/mol. The molecule has 0 aromatic heterocycles. The molecule has 16 heavy (non-hydrogen) atoms. The van der Waals surface area contributed by atoms with Crippen molar-refractivity contribution in [3.8, 4) is 0 Å². The maximum Gasteiger partial charge on any atom is 0.210 e. The quantitative estimate of drug-likeness (QED) is 0.561. The fourth-order valence-corrected chi connectivity index (χ4v) is 2.74. The van der Waals surface area contributed by atoms with Gasteiger partial charge < -0.3 is 9.33 Å². The molecule has 1 fully saturated rings. The molecule has 1 aliphatic heterocycles. The van der Waals surface area contributed by atoms with E-state index >= 15 is 0 Å². The Labute approximate surface area is 100 Å². The van der Waals surface area contributed by atoms with E-state index in [0.29, 0.717) is 6.04 Å². The van der Waals surface area contributed by atoms with Crippen LogP contribution in [-0.2, 0) is 9.22 Å². The smallest absolute Gasteiger partial charge is 0.210 e. The molecule has 1 heterocycles. The fraction of sp³-hybridized carbons (Fsp3) is 0.917. The number of amides is 1. The van der Waals surface area contributed by atoms with Gasteiger partial charge in [0.25, 0.3) is 0 Å². The summed E-state index contributed by atoms with van der Waals surface area (Å²) < 4.78 is 6.15. The zero-order chi connectivity index (χ0) is 12.4. The van der Waals surface area contributed by atoms with Crippen LogP contribution >= 0.6 is 0 Å². The van der Waals surface area contributed by atoms with E-state index in [-0.39, 0.29) is 5.04 Å². The molecule has 1 aliphatic rings. The van der Waals surface area contributed by atoms with Crippen molar-refractivity contribution in [1.29, 1.82) is 0 Å². The summed E-state index contributed by atoms with van der Waals surface area (Å²) in [5.41, 5.74) is 0. The Morgan fingerprint density at radius 3 is 2.56 bits per heavy atom. The number of rotatable bonds is 4. The summed E-state index contributed by atoms with van der Waals surface area (Å²) >= 11 is 0. The van der Waals surface area contributed by atoms with Crippen LogP contribution in [0.2, 0.25) is 18.1 Å². The Bertz CT molecular complexity index is 248. The van der Waals surface area contributed by atoms with Gasteiger partial charge in [-0.2, -0.15) is 0 Å². The second kappa shape index (κ2) is 4.88. The summed E-state index contributed by atoms with van der Waals surface area (Å²) in [6, 6.07) is 0.312. The van der Waals surface area contributed by atoms with Crippen LogP contribution in [0, 0.1) is 0 Å². The van der Waals surface area contributed by atoms with E-state index in [9.17, 15) is 4.79 Å². The summed E-state index contributed by atoms with van der Waals surface area (Å²) in [5.74, 6) is 0. The third kappa shape index (κ3) is 3.07. The molecule has 1 rings (SSSR count). The van der Waals surface area contributed by atoms with Gasteiger partial charge in [0.2, 0.25) is 6.41 Å². The molecule has 0 saturated carbocycles. The zero-order valence-corrected chi connectivity index (χ0v) is 12.2. The lowest BCUT2D eigenvalue weighted by Gasteiger charge is -2.37. The molecule has 0 aromatic carbocycles. The van der Waals surface area contributed by atoms with Gasteiger partial charge in [-0.3, -0.25) is 4.79 Å². The summed E-state index contributed by atoms with van der Waals surface area (Å²) in [4.78, 5) is 12.7. The Morgan fingerprint density at radius 1 is 1.44 bits per heavy atom. The molecule has 94 valence electrons. The predicted octanol–water partition coefficient (Wildman–Crippen LogP) is 2.63. The van der Waals surface area contributed by atoms with Gasteiger partial charge in [0.1, 0.15) is 0 Å². The molecule has 0 aliphatic carbocycles. The van der Waals surface area contributed by atoms with Crippen molar-refractivity contribution < 1.29 is 9.22 Å². The number of carbonyl (C=O) groups excluding carboxylic acids is 1. The zero-order valence-electron chi connectivity index (χ0n) is 11.2. The molecule has 3 nitrogen and oxygen atoms in total. The minimum Gasteiger partial charge on any atom is -0.415 e. The van der Waals surface area contributed by atoms with Crippen molar-refractivity contribution in [1.82, 2.24) is 4.90 Å². The van der Waals surface area contributed by atoms with Crippen molar-refractivity contribution in [3.63, 3.8) is 0 Å². The van der Waals surface area contributed by atoms with Crippen molar-refractivity contribution in [2.75, 3.05) is 13.2 Å². The first-order chi connectivity index (χ1) is 7.28. The molecule has 0 N–H and O–H groups in total. The third-order valence-electron chi connectivity index (χ3n) is 4.00. The highest BCUT2D eigenvalue weighted by Gasteiger charge is 2.38. The Hall–Kier alpha value is -0.353. The van der Waals surface area contributed by atoms with Gasteiger partial charge in [0.05, 0.1) is 12.6 Å². The number of likely N-dealkylation sites (tertiary alicyclic amines) is 1. The summed E-state index contributed by atoms with van der Waals surface area (Å²) in [6.45, 7) is 12.9. The van der Waals surface area contributed by atoms with Gasteiger partial charge in [-0.15, -0.1) is 0 Å². The molecular formula is C12H25NO2Si. The van der Waals surface area contributed by atoms with Crippen LogP contribution in [-0.4, -0.2) is 38.8 Å². The van der Waals surface area contributed by atoms with E-state index in [1.165, 1.54) is 0 Å². The first-order valence-corrected chi connectivity index (χ1v) is 9.04. The lowest BCUT2D eigenvalue weighted by atomic mass is 10.2. The van der Waals surface area contributed by atoms with Crippen LogP contribution < -0.4 is 0 Å². The second-order valence-corrected chi connectivity index (χ2v) is 11.0. The van der Waals surface area contributed by atoms with E-state index in [1.807, 2.05) is 4.90 Å². The van der Waals surface area contributed by atoms with Gasteiger partial charge in [0.15, 0.2) is 8.32 Å². The maximum absolute atomic E-state index is 10.8. The van der Waals surface area contributed by atoms with Crippen molar-refractivity contribution in [2.45, 2.75) is 57.8 Å². The van der Waals surface area contributed by atoms with E-state index in [4.69, 9.17) is 4.43 Å². The van der Waals surface area contributed by atoms with Crippen molar-refractivity contribution in [2.24, 2.45) is 0 Å². The minimum atomic E-state index is -1.66. The Morgan fingerprint density at radius 2 is 2.06 bits per heavy atom. The third-order valence-corrected chi connectivity index (χ3v) is 8.50. The largest absolute Gasteiger partial charge is 0.415 e. The summed E-state index contributed by atoms with van der Waals surface area (Å²) in [5, 5.41) is 0.248.